The summed E-state index contributed by atoms with van der Waals surface area (Å²) >= 11 is 3.61. The standard InChI is InChI=1S/C14H19BrN4/c1-10-3-5-12(13(15)7-10)14(18-16)6-4-11-8-17-19(2)9-11/h3,5,7-9,14,18H,4,6,16H2,1-2H3. The van der Waals surface area contributed by atoms with Gasteiger partial charge < -0.3 is 0 Å². The summed E-state index contributed by atoms with van der Waals surface area (Å²) in [7, 11) is 1.93. The number of nitrogens with two attached hydrogens (primary N) is 1. The molecule has 0 aliphatic rings. The zero-order chi connectivity index (χ0) is 13.8. The van der Waals surface area contributed by atoms with Crippen LogP contribution in [0.4, 0.5) is 0 Å². The van der Waals surface area contributed by atoms with E-state index < -0.39 is 0 Å². The Morgan fingerprint density at radius 1 is 1.47 bits per heavy atom. The molecule has 1 atom stereocenters. The molecule has 1 aromatic heterocycles. The highest BCUT2D eigenvalue weighted by atomic mass is 79.9. The van der Waals surface area contributed by atoms with Crippen LogP contribution in [0.1, 0.15) is 29.2 Å². The Hall–Kier alpha value is -1.17. The minimum Gasteiger partial charge on any atom is -0.276 e. The Kier molecular flexibility index (Phi) is 4.74. The molecule has 2 rings (SSSR count). The smallest absolute Gasteiger partial charge is 0.0521 e. The van der Waals surface area contributed by atoms with Crippen LogP contribution in [-0.4, -0.2) is 9.78 Å². The van der Waals surface area contributed by atoms with E-state index in [2.05, 4.69) is 51.6 Å². The summed E-state index contributed by atoms with van der Waals surface area (Å²) in [5, 5.41) is 4.18. The van der Waals surface area contributed by atoms with E-state index in [0.29, 0.717) is 0 Å². The first-order valence-electron chi connectivity index (χ1n) is 6.30. The van der Waals surface area contributed by atoms with Crippen LogP contribution in [0.2, 0.25) is 0 Å². The number of benzene rings is 1. The highest BCUT2D eigenvalue weighted by molar-refractivity contribution is 9.10. The van der Waals surface area contributed by atoms with Gasteiger partial charge in [0.1, 0.15) is 0 Å². The van der Waals surface area contributed by atoms with Crippen LogP contribution in [0.15, 0.2) is 35.1 Å². The van der Waals surface area contributed by atoms with Crippen molar-refractivity contribution in [2.24, 2.45) is 12.9 Å². The van der Waals surface area contributed by atoms with E-state index in [1.54, 1.807) is 0 Å². The Balaban J connectivity index is 2.07. The molecule has 0 fully saturated rings. The molecule has 1 aromatic carbocycles. The maximum Gasteiger partial charge on any atom is 0.0521 e. The maximum absolute atomic E-state index is 5.69. The number of nitrogens with one attached hydrogen (secondary N) is 1. The lowest BCUT2D eigenvalue weighted by Gasteiger charge is -2.18. The van der Waals surface area contributed by atoms with E-state index in [1.165, 1.54) is 16.7 Å². The SMILES string of the molecule is Cc1ccc(C(CCc2cnn(C)c2)NN)c(Br)c1. The van der Waals surface area contributed by atoms with E-state index in [4.69, 9.17) is 5.84 Å². The third-order valence-electron chi connectivity index (χ3n) is 3.21. The van der Waals surface area contributed by atoms with Crippen LogP contribution in [0.5, 0.6) is 0 Å². The minimum atomic E-state index is 0.134. The Morgan fingerprint density at radius 2 is 2.26 bits per heavy atom. The van der Waals surface area contributed by atoms with Crippen molar-refractivity contribution in [3.05, 3.63) is 51.8 Å². The fraction of sp³-hybridized carbons (Fsp3) is 0.357. The number of aryl methyl sites for hydroxylation is 3. The van der Waals surface area contributed by atoms with E-state index >= 15 is 0 Å². The second-order valence-electron chi connectivity index (χ2n) is 4.81. The molecule has 0 bridgehead atoms. The monoisotopic (exact) mass is 322 g/mol. The van der Waals surface area contributed by atoms with Crippen LogP contribution in [0.25, 0.3) is 0 Å². The first kappa shape index (κ1) is 14.2. The summed E-state index contributed by atoms with van der Waals surface area (Å²) in [6, 6.07) is 6.47. The van der Waals surface area contributed by atoms with Crippen molar-refractivity contribution < 1.29 is 0 Å². The topological polar surface area (TPSA) is 55.9 Å². The highest BCUT2D eigenvalue weighted by Gasteiger charge is 2.13. The van der Waals surface area contributed by atoms with Gasteiger partial charge in [-0.3, -0.25) is 16.0 Å². The number of halogens is 1. The molecular weight excluding hydrogens is 304 g/mol. The molecule has 0 amide bonds. The lowest BCUT2D eigenvalue weighted by molar-refractivity contribution is 0.514. The van der Waals surface area contributed by atoms with Crippen molar-refractivity contribution in [3.8, 4) is 0 Å². The summed E-state index contributed by atoms with van der Waals surface area (Å²) in [6.07, 6.45) is 5.82. The summed E-state index contributed by atoms with van der Waals surface area (Å²) < 4.78 is 2.92. The van der Waals surface area contributed by atoms with Gasteiger partial charge in [-0.05, 0) is 42.5 Å². The van der Waals surface area contributed by atoms with E-state index in [9.17, 15) is 0 Å². The van der Waals surface area contributed by atoms with Crippen molar-refractivity contribution >= 4 is 15.9 Å². The van der Waals surface area contributed by atoms with Gasteiger partial charge in [0.05, 0.1) is 6.20 Å². The second-order valence-corrected chi connectivity index (χ2v) is 5.66. The normalized spacial score (nSPS) is 12.6. The average molecular weight is 323 g/mol. The van der Waals surface area contributed by atoms with Crippen LogP contribution in [0, 0.1) is 6.92 Å². The molecule has 2 aromatic rings. The zero-order valence-corrected chi connectivity index (χ0v) is 12.8. The quantitative estimate of drug-likeness (QED) is 0.657. The summed E-state index contributed by atoms with van der Waals surface area (Å²) in [4.78, 5) is 0. The molecule has 102 valence electrons. The molecule has 1 unspecified atom stereocenters. The van der Waals surface area contributed by atoms with Crippen LogP contribution >= 0.6 is 15.9 Å². The fourth-order valence-electron chi connectivity index (χ4n) is 2.16. The Morgan fingerprint density at radius 3 is 2.84 bits per heavy atom. The van der Waals surface area contributed by atoms with Crippen molar-refractivity contribution in [1.82, 2.24) is 15.2 Å². The van der Waals surface area contributed by atoms with Crippen molar-refractivity contribution in [1.29, 1.82) is 0 Å². The number of rotatable bonds is 5. The van der Waals surface area contributed by atoms with Gasteiger partial charge in [0.15, 0.2) is 0 Å². The van der Waals surface area contributed by atoms with Gasteiger partial charge in [0.2, 0.25) is 0 Å². The average Bonchev–Trinajstić information content (AvgIpc) is 2.78. The molecule has 0 saturated carbocycles. The fourth-order valence-corrected chi connectivity index (χ4v) is 2.92. The summed E-state index contributed by atoms with van der Waals surface area (Å²) in [6.45, 7) is 2.08. The van der Waals surface area contributed by atoms with Gasteiger partial charge in [0.25, 0.3) is 0 Å². The first-order valence-corrected chi connectivity index (χ1v) is 7.09. The molecule has 0 spiro atoms. The van der Waals surface area contributed by atoms with Crippen LogP contribution in [0.3, 0.4) is 0 Å². The van der Waals surface area contributed by atoms with Gasteiger partial charge in [-0.15, -0.1) is 0 Å². The van der Waals surface area contributed by atoms with Gasteiger partial charge in [-0.25, -0.2) is 0 Å². The molecule has 4 nitrogen and oxygen atoms in total. The van der Waals surface area contributed by atoms with Crippen molar-refractivity contribution in [2.45, 2.75) is 25.8 Å². The molecular formula is C14H19BrN4. The molecule has 0 saturated heterocycles. The van der Waals surface area contributed by atoms with Crippen molar-refractivity contribution in [2.75, 3.05) is 0 Å². The predicted octanol–water partition coefficient (Wildman–Crippen LogP) is 2.63. The summed E-state index contributed by atoms with van der Waals surface area (Å²) in [5.74, 6) is 5.69. The summed E-state index contributed by atoms with van der Waals surface area (Å²) in [5.41, 5.74) is 6.55. The van der Waals surface area contributed by atoms with Crippen LogP contribution in [-0.2, 0) is 13.5 Å². The van der Waals surface area contributed by atoms with Gasteiger partial charge >= 0.3 is 0 Å². The molecule has 3 N–H and O–H groups in total. The lowest BCUT2D eigenvalue weighted by atomic mass is 10.00. The number of aromatic nitrogens is 2. The number of hydrazine groups is 1. The number of hydrogen-bond acceptors (Lipinski definition) is 3. The first-order chi connectivity index (χ1) is 9.10. The molecule has 0 radical (unpaired) electrons. The van der Waals surface area contributed by atoms with E-state index in [-0.39, 0.29) is 6.04 Å². The molecule has 19 heavy (non-hydrogen) atoms. The van der Waals surface area contributed by atoms with Gasteiger partial charge in [-0.2, -0.15) is 5.10 Å². The third kappa shape index (κ3) is 3.65. The molecule has 0 aliphatic heterocycles. The largest absolute Gasteiger partial charge is 0.276 e. The Bertz CT molecular complexity index is 550. The maximum atomic E-state index is 5.69. The van der Waals surface area contributed by atoms with E-state index in [0.717, 1.165) is 17.3 Å². The highest BCUT2D eigenvalue weighted by Crippen LogP contribution is 2.27. The lowest BCUT2D eigenvalue weighted by Crippen LogP contribution is -2.28. The minimum absolute atomic E-state index is 0.134. The predicted molar refractivity (Wildman–Crippen MR) is 80.5 cm³/mol. The van der Waals surface area contributed by atoms with Crippen LogP contribution < -0.4 is 11.3 Å². The number of nitrogens with zero attached hydrogens (tertiary/aromatic N) is 2. The third-order valence-corrected chi connectivity index (χ3v) is 3.90. The molecule has 0 aliphatic carbocycles. The van der Waals surface area contributed by atoms with Crippen molar-refractivity contribution in [3.63, 3.8) is 0 Å². The second kappa shape index (κ2) is 6.32. The van der Waals surface area contributed by atoms with Gasteiger partial charge in [-0.1, -0.05) is 28.1 Å². The molecule has 5 heteroatoms. The Labute approximate surface area is 122 Å². The molecule has 1 heterocycles. The van der Waals surface area contributed by atoms with Gasteiger partial charge in [0, 0.05) is 23.8 Å². The van der Waals surface area contributed by atoms with E-state index in [1.807, 2.05) is 24.1 Å². The number of hydrogen-bond donors (Lipinski definition) is 2. The zero-order valence-electron chi connectivity index (χ0n) is 11.2.